The lowest BCUT2D eigenvalue weighted by Gasteiger charge is -2.37. The van der Waals surface area contributed by atoms with Crippen LogP contribution in [0.2, 0.25) is 0 Å². The molecule has 0 spiro atoms. The molecule has 0 saturated heterocycles. The Hall–Kier alpha value is -2.37. The van der Waals surface area contributed by atoms with E-state index < -0.39 is 11.6 Å². The second kappa shape index (κ2) is 4.96. The molecule has 0 bridgehead atoms. The Morgan fingerprint density at radius 2 is 2.15 bits per heavy atom. The number of imidazole rings is 1. The summed E-state index contributed by atoms with van der Waals surface area (Å²) < 4.78 is 1.71. The van der Waals surface area contributed by atoms with Crippen molar-refractivity contribution in [2.75, 3.05) is 0 Å². The number of nitrogens with zero attached hydrogens (tertiary/aromatic N) is 3. The molecule has 2 aromatic heterocycles. The SMILES string of the molecule is CC(C)(C)N(Cc1c(C=O)nc2ccccn12)C(=O)[O-]. The van der Waals surface area contributed by atoms with Crippen LogP contribution >= 0.6 is 0 Å². The average Bonchev–Trinajstić information content (AvgIpc) is 2.71. The topological polar surface area (TPSA) is 77.7 Å². The lowest BCUT2D eigenvalue weighted by atomic mass is 10.1. The van der Waals surface area contributed by atoms with Crippen molar-refractivity contribution in [3.8, 4) is 0 Å². The van der Waals surface area contributed by atoms with Crippen molar-refractivity contribution in [3.63, 3.8) is 0 Å². The van der Waals surface area contributed by atoms with E-state index in [1.54, 1.807) is 49.6 Å². The van der Waals surface area contributed by atoms with Gasteiger partial charge >= 0.3 is 0 Å². The largest absolute Gasteiger partial charge is 0.530 e. The maximum absolute atomic E-state index is 11.3. The van der Waals surface area contributed by atoms with Crippen LogP contribution in [0.3, 0.4) is 0 Å². The summed E-state index contributed by atoms with van der Waals surface area (Å²) in [5.74, 6) is 0. The van der Waals surface area contributed by atoms with Crippen LogP contribution in [-0.4, -0.2) is 32.2 Å². The number of pyridine rings is 1. The van der Waals surface area contributed by atoms with Gasteiger partial charge in [0.15, 0.2) is 6.29 Å². The summed E-state index contributed by atoms with van der Waals surface area (Å²) in [5, 5.41) is 11.3. The summed E-state index contributed by atoms with van der Waals surface area (Å²) in [5.41, 5.74) is 0.760. The fraction of sp³-hybridized carbons (Fsp3) is 0.357. The fourth-order valence-corrected chi connectivity index (χ4v) is 2.04. The molecular formula is C14H16N3O3-. The van der Waals surface area contributed by atoms with Crippen molar-refractivity contribution in [2.45, 2.75) is 32.9 Å². The number of hydrogen-bond donors (Lipinski definition) is 0. The van der Waals surface area contributed by atoms with Gasteiger partial charge in [-0.05, 0) is 32.9 Å². The zero-order valence-corrected chi connectivity index (χ0v) is 11.7. The summed E-state index contributed by atoms with van der Waals surface area (Å²) in [6, 6.07) is 5.37. The molecule has 1 amide bonds. The van der Waals surface area contributed by atoms with Gasteiger partial charge in [-0.3, -0.25) is 4.79 Å². The number of amides is 1. The van der Waals surface area contributed by atoms with E-state index in [9.17, 15) is 14.7 Å². The lowest BCUT2D eigenvalue weighted by molar-refractivity contribution is -0.271. The van der Waals surface area contributed by atoms with Crippen LogP contribution < -0.4 is 5.11 Å². The van der Waals surface area contributed by atoms with Gasteiger partial charge in [0, 0.05) is 11.7 Å². The Balaban J connectivity index is 2.51. The molecule has 2 heterocycles. The van der Waals surface area contributed by atoms with Gasteiger partial charge in [0.05, 0.1) is 12.2 Å². The molecule has 0 unspecified atom stereocenters. The number of fused-ring (bicyclic) bond motifs is 1. The highest BCUT2D eigenvalue weighted by molar-refractivity contribution is 5.76. The number of aldehydes is 1. The first-order valence-electron chi connectivity index (χ1n) is 6.24. The van der Waals surface area contributed by atoms with E-state index in [-0.39, 0.29) is 12.2 Å². The molecule has 0 radical (unpaired) electrons. The molecule has 0 saturated carbocycles. The molecular weight excluding hydrogens is 258 g/mol. The van der Waals surface area contributed by atoms with Gasteiger partial charge in [-0.25, -0.2) is 4.98 Å². The predicted octanol–water partition coefficient (Wildman–Crippen LogP) is 1.09. The molecule has 6 heteroatoms. The number of hydrogen-bond acceptors (Lipinski definition) is 4. The number of carbonyl (C=O) groups excluding carboxylic acids is 2. The zero-order chi connectivity index (χ0) is 14.9. The summed E-state index contributed by atoms with van der Waals surface area (Å²) in [6.07, 6.45) is 1.11. The Morgan fingerprint density at radius 1 is 1.45 bits per heavy atom. The van der Waals surface area contributed by atoms with E-state index in [2.05, 4.69) is 4.98 Å². The Kier molecular flexibility index (Phi) is 3.48. The molecule has 0 aliphatic carbocycles. The van der Waals surface area contributed by atoms with Crippen molar-refractivity contribution in [3.05, 3.63) is 35.8 Å². The molecule has 2 rings (SSSR count). The highest BCUT2D eigenvalue weighted by Crippen LogP contribution is 2.19. The van der Waals surface area contributed by atoms with Crippen molar-refractivity contribution in [1.82, 2.24) is 14.3 Å². The van der Waals surface area contributed by atoms with Gasteiger partial charge in [0.2, 0.25) is 0 Å². The Labute approximate surface area is 116 Å². The van der Waals surface area contributed by atoms with Crippen LogP contribution in [0.4, 0.5) is 4.79 Å². The second-order valence-electron chi connectivity index (χ2n) is 5.51. The van der Waals surface area contributed by atoms with Crippen LogP contribution in [0.15, 0.2) is 24.4 Å². The average molecular weight is 274 g/mol. The molecule has 0 fully saturated rings. The minimum atomic E-state index is -1.28. The molecule has 6 nitrogen and oxygen atoms in total. The van der Waals surface area contributed by atoms with Gasteiger partial charge in [-0.15, -0.1) is 0 Å². The highest BCUT2D eigenvalue weighted by Gasteiger charge is 2.24. The summed E-state index contributed by atoms with van der Waals surface area (Å²) in [4.78, 5) is 27.8. The summed E-state index contributed by atoms with van der Waals surface area (Å²) >= 11 is 0. The molecule has 20 heavy (non-hydrogen) atoms. The van der Waals surface area contributed by atoms with Crippen LogP contribution in [0.1, 0.15) is 37.0 Å². The smallest absolute Gasteiger partial charge is 0.170 e. The molecule has 0 aromatic carbocycles. The van der Waals surface area contributed by atoms with Gasteiger partial charge < -0.3 is 19.2 Å². The van der Waals surface area contributed by atoms with Crippen molar-refractivity contribution >= 4 is 18.0 Å². The molecule has 0 aliphatic rings. The quantitative estimate of drug-likeness (QED) is 0.785. The Bertz CT molecular complexity index is 655. The van der Waals surface area contributed by atoms with E-state index >= 15 is 0 Å². The second-order valence-corrected chi connectivity index (χ2v) is 5.51. The standard InChI is InChI=1S/C14H17N3O3/c1-14(2,3)17(13(19)20)8-11-10(9-18)15-12-6-4-5-7-16(11)12/h4-7,9H,8H2,1-3H3,(H,19,20)/p-1. The molecule has 0 atom stereocenters. The van der Waals surface area contributed by atoms with E-state index in [0.717, 1.165) is 0 Å². The molecule has 0 N–H and O–H groups in total. The number of rotatable bonds is 3. The predicted molar refractivity (Wildman–Crippen MR) is 71.3 cm³/mol. The van der Waals surface area contributed by atoms with Crippen LogP contribution in [-0.2, 0) is 6.54 Å². The minimum Gasteiger partial charge on any atom is -0.530 e. The number of carboxylic acid groups (broad SMARTS) is 1. The van der Waals surface area contributed by atoms with E-state index in [1.807, 2.05) is 0 Å². The van der Waals surface area contributed by atoms with Crippen LogP contribution in [0.25, 0.3) is 5.65 Å². The first-order chi connectivity index (χ1) is 9.34. The third-order valence-corrected chi connectivity index (χ3v) is 3.11. The third-order valence-electron chi connectivity index (χ3n) is 3.11. The van der Waals surface area contributed by atoms with Crippen LogP contribution in [0, 0.1) is 0 Å². The Morgan fingerprint density at radius 3 is 2.70 bits per heavy atom. The minimum absolute atomic E-state index is 0.0467. The molecule has 106 valence electrons. The number of aromatic nitrogens is 2. The zero-order valence-electron chi connectivity index (χ0n) is 11.7. The normalized spacial score (nSPS) is 11.6. The van der Waals surface area contributed by atoms with Gasteiger partial charge in [-0.1, -0.05) is 6.07 Å². The van der Waals surface area contributed by atoms with Crippen molar-refractivity contribution in [2.24, 2.45) is 0 Å². The fourth-order valence-electron chi connectivity index (χ4n) is 2.04. The lowest BCUT2D eigenvalue weighted by Crippen LogP contribution is -2.51. The summed E-state index contributed by atoms with van der Waals surface area (Å²) in [7, 11) is 0. The van der Waals surface area contributed by atoms with E-state index in [0.29, 0.717) is 17.6 Å². The van der Waals surface area contributed by atoms with Gasteiger partial charge in [-0.2, -0.15) is 0 Å². The first kappa shape index (κ1) is 14.0. The van der Waals surface area contributed by atoms with Gasteiger partial charge in [0.1, 0.15) is 17.4 Å². The van der Waals surface area contributed by atoms with E-state index in [4.69, 9.17) is 0 Å². The maximum Gasteiger partial charge on any atom is 0.170 e. The summed E-state index contributed by atoms with van der Waals surface area (Å²) in [6.45, 7) is 5.36. The maximum atomic E-state index is 11.3. The van der Waals surface area contributed by atoms with E-state index in [1.165, 1.54) is 4.90 Å². The highest BCUT2D eigenvalue weighted by atomic mass is 16.4. The first-order valence-corrected chi connectivity index (χ1v) is 6.24. The van der Waals surface area contributed by atoms with Gasteiger partial charge in [0.25, 0.3) is 0 Å². The van der Waals surface area contributed by atoms with Crippen molar-refractivity contribution in [1.29, 1.82) is 0 Å². The van der Waals surface area contributed by atoms with Crippen LogP contribution in [0.5, 0.6) is 0 Å². The van der Waals surface area contributed by atoms with Crippen molar-refractivity contribution < 1.29 is 14.7 Å². The monoisotopic (exact) mass is 274 g/mol. The third kappa shape index (κ3) is 2.49. The number of carbonyl (C=O) groups is 2. The molecule has 2 aromatic rings. The molecule has 0 aliphatic heterocycles.